The van der Waals surface area contributed by atoms with Crippen molar-refractivity contribution in [3.63, 3.8) is 0 Å². The summed E-state index contributed by atoms with van der Waals surface area (Å²) in [6.45, 7) is 1.98. The second kappa shape index (κ2) is 3.46. The lowest BCUT2D eigenvalue weighted by Crippen LogP contribution is -2.38. The van der Waals surface area contributed by atoms with Crippen molar-refractivity contribution in [2.24, 2.45) is 0 Å². The number of aryl methyl sites for hydroxylation is 1. The molecule has 0 saturated carbocycles. The Hall–Kier alpha value is -1.90. The van der Waals surface area contributed by atoms with Crippen LogP contribution in [-0.4, -0.2) is 5.10 Å². The first-order valence-electron chi connectivity index (χ1n) is 4.47. The Labute approximate surface area is 82.8 Å². The van der Waals surface area contributed by atoms with Crippen LogP contribution in [0.15, 0.2) is 42.6 Å². The molecular weight excluding hydrogens is 174 g/mol. The average molecular weight is 186 g/mol. The van der Waals surface area contributed by atoms with Crippen molar-refractivity contribution in [2.45, 2.75) is 6.92 Å². The minimum Gasteiger partial charge on any atom is -0.397 e. The molecule has 1 heterocycles. The molecule has 0 aliphatic carbocycles. The monoisotopic (exact) mass is 186 g/mol. The number of nitrogens with zero attached hydrogens (tertiary/aromatic N) is 2. The standard InChI is InChI=1S/C11H11N3/c1-9-7-10(12)8-13-14(9)11-5-3-2-4-6-11/h2-8,12H,1H3/p+1. The van der Waals surface area contributed by atoms with Crippen LogP contribution in [-0.2, 0) is 0 Å². The Bertz CT molecular complexity index is 438. The summed E-state index contributed by atoms with van der Waals surface area (Å²) < 4.78 is 1.86. The third kappa shape index (κ3) is 1.57. The minimum absolute atomic E-state index is 0.690. The van der Waals surface area contributed by atoms with E-state index >= 15 is 0 Å². The summed E-state index contributed by atoms with van der Waals surface area (Å²) in [7, 11) is 0. The summed E-state index contributed by atoms with van der Waals surface area (Å²) in [6, 6.07) is 11.9. The topological polar surface area (TPSA) is 42.8 Å². The predicted molar refractivity (Wildman–Crippen MR) is 54.9 cm³/mol. The van der Waals surface area contributed by atoms with Crippen molar-refractivity contribution < 1.29 is 4.68 Å². The van der Waals surface area contributed by atoms with E-state index < -0.39 is 0 Å². The van der Waals surface area contributed by atoms with Crippen LogP contribution >= 0.6 is 0 Å². The van der Waals surface area contributed by atoms with E-state index in [1.807, 2.05) is 48.0 Å². The van der Waals surface area contributed by atoms with E-state index in [2.05, 4.69) is 5.10 Å². The van der Waals surface area contributed by atoms with Gasteiger partial charge in [0.2, 0.25) is 11.4 Å². The zero-order valence-corrected chi connectivity index (χ0v) is 8.01. The second-order valence-corrected chi connectivity index (χ2v) is 3.18. The van der Waals surface area contributed by atoms with Gasteiger partial charge in [0.15, 0.2) is 0 Å². The van der Waals surface area contributed by atoms with Gasteiger partial charge in [0.1, 0.15) is 6.20 Å². The Morgan fingerprint density at radius 2 is 1.93 bits per heavy atom. The summed E-state index contributed by atoms with van der Waals surface area (Å²) >= 11 is 0. The van der Waals surface area contributed by atoms with Gasteiger partial charge in [-0.05, 0) is 0 Å². The fraction of sp³-hybridized carbons (Fsp3) is 0.0909. The molecule has 0 radical (unpaired) electrons. The molecule has 0 aliphatic heterocycles. The summed E-state index contributed by atoms with van der Waals surface area (Å²) in [5.74, 6) is 0. The van der Waals surface area contributed by atoms with Gasteiger partial charge in [-0.15, -0.1) is 0 Å². The Morgan fingerprint density at radius 3 is 2.57 bits per heavy atom. The quantitative estimate of drug-likeness (QED) is 0.681. The van der Waals surface area contributed by atoms with E-state index in [0.29, 0.717) is 5.69 Å². The Morgan fingerprint density at radius 1 is 1.21 bits per heavy atom. The van der Waals surface area contributed by atoms with Crippen molar-refractivity contribution in [3.8, 4) is 5.69 Å². The molecule has 2 aromatic rings. The molecule has 0 fully saturated rings. The maximum atomic E-state index is 5.63. The number of para-hydroxylation sites is 1. The van der Waals surface area contributed by atoms with Gasteiger partial charge in [0.25, 0.3) is 0 Å². The normalized spacial score (nSPS) is 10.1. The number of rotatable bonds is 1. The van der Waals surface area contributed by atoms with E-state index in [-0.39, 0.29) is 0 Å². The van der Waals surface area contributed by atoms with Crippen molar-refractivity contribution in [1.29, 1.82) is 0 Å². The minimum atomic E-state index is 0.690. The van der Waals surface area contributed by atoms with Crippen LogP contribution in [0, 0.1) is 6.92 Å². The number of nitrogens with two attached hydrogens (primary N) is 1. The third-order valence-electron chi connectivity index (χ3n) is 2.03. The zero-order chi connectivity index (χ0) is 9.97. The largest absolute Gasteiger partial charge is 0.397 e. The van der Waals surface area contributed by atoms with Gasteiger partial charge in [-0.2, -0.15) is 0 Å². The SMILES string of the molecule is Cc1cc(N)cn[n+]1-c1ccccc1. The average Bonchev–Trinajstić information content (AvgIpc) is 2.19. The van der Waals surface area contributed by atoms with E-state index in [1.165, 1.54) is 0 Å². The third-order valence-corrected chi connectivity index (χ3v) is 2.03. The molecule has 0 saturated heterocycles. The lowest BCUT2D eigenvalue weighted by atomic mass is 10.3. The van der Waals surface area contributed by atoms with Crippen LogP contribution in [0.1, 0.15) is 5.69 Å². The fourth-order valence-corrected chi connectivity index (χ4v) is 1.39. The highest BCUT2D eigenvalue weighted by Crippen LogP contribution is 2.02. The lowest BCUT2D eigenvalue weighted by molar-refractivity contribution is -0.666. The molecule has 0 atom stereocenters. The first-order valence-corrected chi connectivity index (χ1v) is 4.47. The highest BCUT2D eigenvalue weighted by Gasteiger charge is 2.10. The first kappa shape index (κ1) is 8.69. The number of nitrogen functional groups attached to an aromatic ring is 1. The van der Waals surface area contributed by atoms with Gasteiger partial charge in [0.05, 0.1) is 5.69 Å². The van der Waals surface area contributed by atoms with E-state index in [1.54, 1.807) is 6.20 Å². The number of benzene rings is 1. The van der Waals surface area contributed by atoms with Crippen LogP contribution in [0.4, 0.5) is 5.69 Å². The summed E-state index contributed by atoms with van der Waals surface area (Å²) in [6.07, 6.45) is 1.65. The molecule has 70 valence electrons. The van der Waals surface area contributed by atoms with Crippen LogP contribution < -0.4 is 10.4 Å². The van der Waals surface area contributed by atoms with Crippen LogP contribution in [0.25, 0.3) is 5.69 Å². The summed E-state index contributed by atoms with van der Waals surface area (Å²) in [5, 5.41) is 4.24. The number of hydrogen-bond acceptors (Lipinski definition) is 2. The van der Waals surface area contributed by atoms with Crippen LogP contribution in [0.2, 0.25) is 0 Å². The maximum absolute atomic E-state index is 5.63. The van der Waals surface area contributed by atoms with Crippen molar-refractivity contribution in [1.82, 2.24) is 5.10 Å². The van der Waals surface area contributed by atoms with Crippen molar-refractivity contribution in [3.05, 3.63) is 48.3 Å². The van der Waals surface area contributed by atoms with Gasteiger partial charge in [0, 0.05) is 30.2 Å². The number of aromatic nitrogens is 2. The summed E-state index contributed by atoms with van der Waals surface area (Å²) in [5.41, 5.74) is 8.39. The van der Waals surface area contributed by atoms with E-state index in [4.69, 9.17) is 5.73 Å². The van der Waals surface area contributed by atoms with Crippen LogP contribution in [0.3, 0.4) is 0 Å². The van der Waals surface area contributed by atoms with Gasteiger partial charge >= 0.3 is 0 Å². The molecule has 0 aliphatic rings. The molecule has 1 aromatic carbocycles. The van der Waals surface area contributed by atoms with E-state index in [0.717, 1.165) is 11.4 Å². The molecule has 2 rings (SSSR count). The highest BCUT2D eigenvalue weighted by molar-refractivity contribution is 5.33. The van der Waals surface area contributed by atoms with Gasteiger partial charge < -0.3 is 5.73 Å². The fourth-order valence-electron chi connectivity index (χ4n) is 1.39. The van der Waals surface area contributed by atoms with E-state index in [9.17, 15) is 0 Å². The molecule has 0 spiro atoms. The molecule has 1 aromatic heterocycles. The summed E-state index contributed by atoms with van der Waals surface area (Å²) in [4.78, 5) is 0. The first-order chi connectivity index (χ1) is 6.77. The maximum Gasteiger partial charge on any atom is 0.238 e. The predicted octanol–water partition coefficient (Wildman–Crippen LogP) is 1.25. The second-order valence-electron chi connectivity index (χ2n) is 3.18. The Balaban J connectivity index is 2.53. The molecule has 0 amide bonds. The smallest absolute Gasteiger partial charge is 0.238 e. The molecular formula is C11H12N3+. The molecule has 2 N–H and O–H groups in total. The van der Waals surface area contributed by atoms with Gasteiger partial charge in [-0.25, -0.2) is 0 Å². The van der Waals surface area contributed by atoms with Crippen molar-refractivity contribution >= 4 is 5.69 Å². The molecule has 0 bridgehead atoms. The highest BCUT2D eigenvalue weighted by atomic mass is 15.3. The van der Waals surface area contributed by atoms with Gasteiger partial charge in [-0.1, -0.05) is 22.9 Å². The molecule has 0 unspecified atom stereocenters. The Kier molecular flexibility index (Phi) is 2.14. The molecule has 3 heteroatoms. The van der Waals surface area contributed by atoms with Crippen LogP contribution in [0.5, 0.6) is 0 Å². The molecule has 3 nitrogen and oxygen atoms in total. The molecule has 14 heavy (non-hydrogen) atoms. The lowest BCUT2D eigenvalue weighted by Gasteiger charge is -1.96. The number of hydrogen-bond donors (Lipinski definition) is 1. The zero-order valence-electron chi connectivity index (χ0n) is 8.01. The van der Waals surface area contributed by atoms with Gasteiger partial charge in [-0.3, -0.25) is 0 Å². The van der Waals surface area contributed by atoms with Crippen molar-refractivity contribution in [2.75, 3.05) is 5.73 Å². The number of anilines is 1.